The van der Waals surface area contributed by atoms with Crippen molar-refractivity contribution in [3.63, 3.8) is 0 Å². The Kier molecular flexibility index (Phi) is 3.58. The lowest BCUT2D eigenvalue weighted by Crippen LogP contribution is -2.57. The second kappa shape index (κ2) is 4.01. The van der Waals surface area contributed by atoms with Gasteiger partial charge in [0.1, 0.15) is 5.92 Å². The molecule has 0 aromatic rings. The minimum absolute atomic E-state index is 0.631. The van der Waals surface area contributed by atoms with Crippen LogP contribution in [0.5, 0.6) is 0 Å². The van der Waals surface area contributed by atoms with Gasteiger partial charge >= 0.3 is 11.9 Å². The minimum Gasteiger partial charge on any atom is -0.481 e. The van der Waals surface area contributed by atoms with Crippen LogP contribution in [0, 0.1) is 5.92 Å². The molecule has 0 radical (unpaired) electrons. The van der Waals surface area contributed by atoms with E-state index in [4.69, 9.17) is 21.7 Å². The summed E-state index contributed by atoms with van der Waals surface area (Å²) >= 11 is 0. The van der Waals surface area contributed by atoms with Gasteiger partial charge in [-0.05, 0) is 0 Å². The van der Waals surface area contributed by atoms with Gasteiger partial charge in [0.15, 0.2) is 0 Å². The molecule has 0 aliphatic carbocycles. The van der Waals surface area contributed by atoms with E-state index < -0.39 is 29.9 Å². The molecule has 1 unspecified atom stereocenters. The molecule has 0 fully saturated rings. The van der Waals surface area contributed by atoms with Crippen molar-refractivity contribution in [3.05, 3.63) is 12.7 Å². The number of hydrogen-bond donors (Lipinski definition) is 4. The fourth-order valence-electron chi connectivity index (χ4n) is 0.795. The van der Waals surface area contributed by atoms with Crippen molar-refractivity contribution in [2.24, 2.45) is 17.4 Å². The summed E-state index contributed by atoms with van der Waals surface area (Å²) < 4.78 is 0. The first-order chi connectivity index (χ1) is 5.81. The third kappa shape index (κ3) is 3.22. The maximum Gasteiger partial charge on any atom is 0.310 e. The summed E-state index contributed by atoms with van der Waals surface area (Å²) in [4.78, 5) is 20.8. The topological polar surface area (TPSA) is 127 Å². The molecule has 0 bridgehead atoms. The first-order valence-electron chi connectivity index (χ1n) is 3.47. The molecule has 0 aromatic heterocycles. The molecule has 0 saturated heterocycles. The third-order valence-corrected chi connectivity index (χ3v) is 1.63. The molecular formula is C7H12N2O4. The molecule has 0 rings (SSSR count). The van der Waals surface area contributed by atoms with E-state index in [0.29, 0.717) is 0 Å². The van der Waals surface area contributed by atoms with Gasteiger partial charge < -0.3 is 21.7 Å². The van der Waals surface area contributed by atoms with E-state index >= 15 is 0 Å². The highest BCUT2D eigenvalue weighted by molar-refractivity contribution is 5.79. The predicted octanol–water partition coefficient (Wildman–Crippen LogP) is -1.04. The highest BCUT2D eigenvalue weighted by Crippen LogP contribution is 2.14. The molecule has 0 saturated carbocycles. The van der Waals surface area contributed by atoms with Crippen LogP contribution in [0.3, 0.4) is 0 Å². The Morgan fingerprint density at radius 1 is 1.46 bits per heavy atom. The maximum atomic E-state index is 10.6. The summed E-state index contributed by atoms with van der Waals surface area (Å²) in [6.45, 7) is 3.24. The number of hydrogen-bond acceptors (Lipinski definition) is 4. The van der Waals surface area contributed by atoms with Crippen LogP contribution in [0.15, 0.2) is 12.7 Å². The Hall–Kier alpha value is -1.40. The van der Waals surface area contributed by atoms with E-state index in [0.717, 1.165) is 6.08 Å². The van der Waals surface area contributed by atoms with Crippen molar-refractivity contribution < 1.29 is 19.8 Å². The summed E-state index contributed by atoms with van der Waals surface area (Å²) in [5.41, 5.74) is 8.95. The Morgan fingerprint density at radius 3 is 2.15 bits per heavy atom. The van der Waals surface area contributed by atoms with Gasteiger partial charge in [-0.25, -0.2) is 0 Å². The average molecular weight is 188 g/mol. The number of carboxylic acid groups (broad SMARTS) is 2. The first kappa shape index (κ1) is 11.6. The average Bonchev–Trinajstić information content (AvgIpc) is 1.99. The maximum absolute atomic E-state index is 10.6. The van der Waals surface area contributed by atoms with E-state index in [1.54, 1.807) is 0 Å². The van der Waals surface area contributed by atoms with Crippen LogP contribution in [-0.4, -0.2) is 27.8 Å². The van der Waals surface area contributed by atoms with E-state index in [-0.39, 0.29) is 0 Å². The second-order valence-corrected chi connectivity index (χ2v) is 2.69. The van der Waals surface area contributed by atoms with Crippen LogP contribution >= 0.6 is 0 Å². The van der Waals surface area contributed by atoms with Crippen LogP contribution in [0.1, 0.15) is 6.42 Å². The van der Waals surface area contributed by atoms with Gasteiger partial charge in [0.25, 0.3) is 0 Å². The van der Waals surface area contributed by atoms with Gasteiger partial charge in [0.05, 0.1) is 12.1 Å². The van der Waals surface area contributed by atoms with E-state index in [1.165, 1.54) is 0 Å². The van der Waals surface area contributed by atoms with E-state index in [2.05, 4.69) is 6.58 Å². The van der Waals surface area contributed by atoms with Gasteiger partial charge in [0, 0.05) is 0 Å². The molecule has 0 amide bonds. The molecule has 0 aromatic carbocycles. The minimum atomic E-state index is -1.70. The lowest BCUT2D eigenvalue weighted by Gasteiger charge is -2.26. The van der Waals surface area contributed by atoms with Gasteiger partial charge in [-0.3, -0.25) is 9.59 Å². The van der Waals surface area contributed by atoms with Crippen molar-refractivity contribution >= 4 is 11.9 Å². The normalized spacial score (nSPS) is 13.4. The molecule has 0 heterocycles. The number of nitrogens with two attached hydrogens (primary N) is 2. The largest absolute Gasteiger partial charge is 0.481 e. The van der Waals surface area contributed by atoms with Crippen LogP contribution in [0.25, 0.3) is 0 Å². The highest BCUT2D eigenvalue weighted by Gasteiger charge is 2.35. The molecule has 1 atom stereocenters. The zero-order valence-electron chi connectivity index (χ0n) is 6.93. The van der Waals surface area contributed by atoms with Gasteiger partial charge in [-0.15, -0.1) is 0 Å². The van der Waals surface area contributed by atoms with Crippen molar-refractivity contribution in [1.82, 2.24) is 0 Å². The van der Waals surface area contributed by atoms with Gasteiger partial charge in [0.2, 0.25) is 0 Å². The lowest BCUT2D eigenvalue weighted by molar-refractivity contribution is -0.150. The summed E-state index contributed by atoms with van der Waals surface area (Å²) in [7, 11) is 0. The molecule has 0 aliphatic heterocycles. The Labute approximate surface area is 74.8 Å². The first-order valence-corrected chi connectivity index (χ1v) is 3.47. The summed E-state index contributed by atoms with van der Waals surface area (Å²) in [5, 5.41) is 17.0. The quantitative estimate of drug-likeness (QED) is 0.322. The molecular weight excluding hydrogens is 176 g/mol. The molecule has 6 heteroatoms. The standard InChI is InChI=1S/C7H12N2O4/c1-2-7(8,9)4(6(12)13)3-5(10)11/h2,4H,1,3,8-9H2,(H,10,11)(H,12,13). The zero-order chi connectivity index (χ0) is 10.6. The van der Waals surface area contributed by atoms with Gasteiger partial charge in [-0.2, -0.15) is 0 Å². The number of aliphatic carboxylic acids is 2. The van der Waals surface area contributed by atoms with Crippen LogP contribution in [0.4, 0.5) is 0 Å². The molecule has 6 nitrogen and oxygen atoms in total. The van der Waals surface area contributed by atoms with E-state index in [9.17, 15) is 9.59 Å². The fourth-order valence-corrected chi connectivity index (χ4v) is 0.795. The Bertz CT molecular complexity index is 237. The zero-order valence-corrected chi connectivity index (χ0v) is 6.93. The summed E-state index contributed by atoms with van der Waals surface area (Å²) in [6.07, 6.45) is 0.392. The third-order valence-electron chi connectivity index (χ3n) is 1.63. The van der Waals surface area contributed by atoms with Crippen molar-refractivity contribution in [2.75, 3.05) is 0 Å². The number of carbonyl (C=O) groups is 2. The molecule has 0 spiro atoms. The number of carboxylic acids is 2. The molecule has 13 heavy (non-hydrogen) atoms. The molecule has 0 aliphatic rings. The SMILES string of the molecule is C=CC(N)(N)C(CC(=O)O)C(=O)O. The fraction of sp³-hybridized carbons (Fsp3) is 0.429. The molecule has 6 N–H and O–H groups in total. The predicted molar refractivity (Wildman–Crippen MR) is 44.7 cm³/mol. The Morgan fingerprint density at radius 2 is 1.92 bits per heavy atom. The summed E-state index contributed by atoms with van der Waals surface area (Å²) in [5.74, 6) is -4.00. The highest BCUT2D eigenvalue weighted by atomic mass is 16.4. The lowest BCUT2D eigenvalue weighted by atomic mass is 9.91. The Balaban J connectivity index is 4.70. The van der Waals surface area contributed by atoms with Crippen molar-refractivity contribution in [2.45, 2.75) is 12.1 Å². The van der Waals surface area contributed by atoms with Crippen molar-refractivity contribution in [3.8, 4) is 0 Å². The second-order valence-electron chi connectivity index (χ2n) is 2.69. The van der Waals surface area contributed by atoms with Crippen LogP contribution in [-0.2, 0) is 9.59 Å². The van der Waals surface area contributed by atoms with Gasteiger partial charge in [-0.1, -0.05) is 12.7 Å². The van der Waals surface area contributed by atoms with Crippen molar-refractivity contribution in [1.29, 1.82) is 0 Å². The van der Waals surface area contributed by atoms with Crippen LogP contribution in [0.2, 0.25) is 0 Å². The van der Waals surface area contributed by atoms with E-state index in [1.807, 2.05) is 0 Å². The summed E-state index contributed by atoms with van der Waals surface area (Å²) in [6, 6.07) is 0. The smallest absolute Gasteiger partial charge is 0.310 e. The molecule has 74 valence electrons. The monoisotopic (exact) mass is 188 g/mol. The number of rotatable bonds is 5. The van der Waals surface area contributed by atoms with Crippen LogP contribution < -0.4 is 11.5 Å².